The zero-order valence-corrected chi connectivity index (χ0v) is 10.4. The highest BCUT2D eigenvalue weighted by molar-refractivity contribution is 6.58. The van der Waals surface area contributed by atoms with Gasteiger partial charge < -0.3 is 0 Å². The van der Waals surface area contributed by atoms with Gasteiger partial charge in [-0.3, -0.25) is 0 Å². The molecule has 0 radical (unpaired) electrons. The minimum Gasteiger partial charge on any atom is -0.0657 e. The molecule has 0 aliphatic rings. The molecule has 1 heteroatoms. The summed E-state index contributed by atoms with van der Waals surface area (Å²) in [6, 6.07) is 4.83. The van der Waals surface area contributed by atoms with Crippen LogP contribution in [0.3, 0.4) is 0 Å². The van der Waals surface area contributed by atoms with Crippen molar-refractivity contribution in [3.05, 3.63) is 0 Å². The summed E-state index contributed by atoms with van der Waals surface area (Å²) in [5.74, 6) is 0. The SMILES string of the molecule is CCCC[SiH](CCC)CCCC. The van der Waals surface area contributed by atoms with Gasteiger partial charge in [0.25, 0.3) is 0 Å². The lowest BCUT2D eigenvalue weighted by atomic mass is 10.4. The third-order valence-electron chi connectivity index (χ3n) is 2.63. The predicted molar refractivity (Wildman–Crippen MR) is 61.7 cm³/mol. The summed E-state index contributed by atoms with van der Waals surface area (Å²) in [5.41, 5.74) is 0. The maximum Gasteiger partial charge on any atom is 0.0367 e. The van der Waals surface area contributed by atoms with Gasteiger partial charge in [0, 0.05) is 8.80 Å². The highest BCUT2D eigenvalue weighted by atomic mass is 28.3. The average Bonchev–Trinajstić information content (AvgIpc) is 2.10. The molecule has 0 aromatic rings. The molecule has 0 unspecified atom stereocenters. The monoisotopic (exact) mass is 186 g/mol. The van der Waals surface area contributed by atoms with Crippen molar-refractivity contribution in [2.24, 2.45) is 0 Å². The van der Waals surface area contributed by atoms with E-state index in [1.54, 1.807) is 18.1 Å². The molecule has 0 aliphatic carbocycles. The van der Waals surface area contributed by atoms with Crippen LogP contribution in [0.15, 0.2) is 0 Å². The molecule has 0 heterocycles. The Hall–Kier alpha value is 0.217. The van der Waals surface area contributed by atoms with Crippen molar-refractivity contribution >= 4 is 8.80 Å². The number of unbranched alkanes of at least 4 members (excludes halogenated alkanes) is 2. The van der Waals surface area contributed by atoms with Gasteiger partial charge in [-0.25, -0.2) is 0 Å². The molecule has 0 amide bonds. The Labute approximate surface area is 80.4 Å². The molecule has 0 bridgehead atoms. The van der Waals surface area contributed by atoms with E-state index in [4.69, 9.17) is 0 Å². The molecule has 0 rings (SSSR count). The van der Waals surface area contributed by atoms with Crippen molar-refractivity contribution in [1.29, 1.82) is 0 Å². The summed E-state index contributed by atoms with van der Waals surface area (Å²) in [4.78, 5) is 0. The highest BCUT2D eigenvalue weighted by Gasteiger charge is 2.07. The summed E-state index contributed by atoms with van der Waals surface area (Å²) in [6.45, 7) is 6.98. The molecule has 12 heavy (non-hydrogen) atoms. The van der Waals surface area contributed by atoms with Gasteiger partial charge in [-0.1, -0.05) is 71.0 Å². The van der Waals surface area contributed by atoms with E-state index in [0.717, 1.165) is 0 Å². The van der Waals surface area contributed by atoms with Crippen LogP contribution in [0.5, 0.6) is 0 Å². The first-order chi connectivity index (χ1) is 5.85. The third-order valence-corrected chi connectivity index (χ3v) is 6.47. The van der Waals surface area contributed by atoms with E-state index in [1.165, 1.54) is 32.1 Å². The summed E-state index contributed by atoms with van der Waals surface area (Å²) < 4.78 is 0. The van der Waals surface area contributed by atoms with Crippen molar-refractivity contribution in [3.8, 4) is 0 Å². The Kier molecular flexibility index (Phi) is 9.47. The van der Waals surface area contributed by atoms with E-state index in [1.807, 2.05) is 0 Å². The zero-order valence-electron chi connectivity index (χ0n) is 9.23. The average molecular weight is 186 g/mol. The molecular formula is C11H26Si. The van der Waals surface area contributed by atoms with E-state index in [-0.39, 0.29) is 8.80 Å². The van der Waals surface area contributed by atoms with Crippen molar-refractivity contribution in [3.63, 3.8) is 0 Å². The van der Waals surface area contributed by atoms with Gasteiger partial charge in [0.05, 0.1) is 0 Å². The Morgan fingerprint density at radius 1 is 0.667 bits per heavy atom. The quantitative estimate of drug-likeness (QED) is 0.498. The van der Waals surface area contributed by atoms with Crippen LogP contribution >= 0.6 is 0 Å². The normalized spacial score (nSPS) is 11.0. The molecule has 0 aliphatic heterocycles. The summed E-state index contributed by atoms with van der Waals surface area (Å²) in [7, 11) is -0.269. The molecule has 0 aromatic heterocycles. The molecule has 0 atom stereocenters. The largest absolute Gasteiger partial charge is 0.0657 e. The van der Waals surface area contributed by atoms with Crippen LogP contribution in [0.1, 0.15) is 52.9 Å². The summed E-state index contributed by atoms with van der Waals surface area (Å²) in [6.07, 6.45) is 7.24. The molecule has 0 saturated heterocycles. The number of hydrogen-bond donors (Lipinski definition) is 0. The zero-order chi connectivity index (χ0) is 9.23. The fraction of sp³-hybridized carbons (Fsp3) is 1.00. The molecular weight excluding hydrogens is 160 g/mol. The lowest BCUT2D eigenvalue weighted by Crippen LogP contribution is -2.10. The maximum atomic E-state index is 2.35. The molecule has 0 spiro atoms. The lowest BCUT2D eigenvalue weighted by molar-refractivity contribution is 0.830. The van der Waals surface area contributed by atoms with Crippen molar-refractivity contribution in [2.45, 2.75) is 71.0 Å². The first-order valence-corrected chi connectivity index (χ1v) is 8.30. The van der Waals surface area contributed by atoms with Crippen LogP contribution in [0.25, 0.3) is 0 Å². The minimum absolute atomic E-state index is 0.269. The van der Waals surface area contributed by atoms with Gasteiger partial charge in [0.15, 0.2) is 0 Å². The standard InChI is InChI=1S/C11H26Si/c1-4-7-10-12(9-6-3)11-8-5-2/h12H,4-11H2,1-3H3. The van der Waals surface area contributed by atoms with Crippen LogP contribution in [0.2, 0.25) is 18.1 Å². The van der Waals surface area contributed by atoms with Crippen LogP contribution in [0.4, 0.5) is 0 Å². The molecule has 0 nitrogen and oxygen atoms in total. The second-order valence-electron chi connectivity index (χ2n) is 3.94. The number of hydrogen-bond acceptors (Lipinski definition) is 0. The topological polar surface area (TPSA) is 0 Å². The minimum atomic E-state index is -0.269. The van der Waals surface area contributed by atoms with Gasteiger partial charge in [-0.05, 0) is 0 Å². The van der Waals surface area contributed by atoms with E-state index >= 15 is 0 Å². The maximum absolute atomic E-state index is 2.35. The number of rotatable bonds is 8. The van der Waals surface area contributed by atoms with E-state index < -0.39 is 0 Å². The highest BCUT2D eigenvalue weighted by Crippen LogP contribution is 2.14. The molecule has 0 fully saturated rings. The van der Waals surface area contributed by atoms with Crippen LogP contribution in [0, 0.1) is 0 Å². The van der Waals surface area contributed by atoms with Gasteiger partial charge in [0.2, 0.25) is 0 Å². The van der Waals surface area contributed by atoms with Crippen molar-refractivity contribution < 1.29 is 0 Å². The Bertz CT molecular complexity index is 73.1. The van der Waals surface area contributed by atoms with Gasteiger partial charge >= 0.3 is 0 Å². The van der Waals surface area contributed by atoms with Crippen molar-refractivity contribution in [1.82, 2.24) is 0 Å². The molecule has 0 aromatic carbocycles. The summed E-state index contributed by atoms with van der Waals surface area (Å²) in [5, 5.41) is 0. The van der Waals surface area contributed by atoms with E-state index in [0.29, 0.717) is 0 Å². The van der Waals surface area contributed by atoms with Crippen LogP contribution in [-0.2, 0) is 0 Å². The van der Waals surface area contributed by atoms with Gasteiger partial charge in [0.1, 0.15) is 0 Å². The lowest BCUT2D eigenvalue weighted by Gasteiger charge is -2.12. The first kappa shape index (κ1) is 12.2. The fourth-order valence-corrected chi connectivity index (χ4v) is 5.48. The molecule has 0 N–H and O–H groups in total. The molecule has 0 saturated carbocycles. The van der Waals surface area contributed by atoms with E-state index in [9.17, 15) is 0 Å². The Morgan fingerprint density at radius 3 is 1.50 bits per heavy atom. The van der Waals surface area contributed by atoms with Crippen molar-refractivity contribution in [2.75, 3.05) is 0 Å². The van der Waals surface area contributed by atoms with Crippen LogP contribution in [-0.4, -0.2) is 8.80 Å². The fourth-order valence-electron chi connectivity index (χ4n) is 1.83. The smallest absolute Gasteiger partial charge is 0.0367 e. The molecule has 74 valence electrons. The Balaban J connectivity index is 3.40. The Morgan fingerprint density at radius 2 is 1.17 bits per heavy atom. The summed E-state index contributed by atoms with van der Waals surface area (Å²) >= 11 is 0. The second-order valence-corrected chi connectivity index (χ2v) is 7.40. The first-order valence-electron chi connectivity index (χ1n) is 5.85. The van der Waals surface area contributed by atoms with Crippen LogP contribution < -0.4 is 0 Å². The van der Waals surface area contributed by atoms with E-state index in [2.05, 4.69) is 20.8 Å². The van der Waals surface area contributed by atoms with Gasteiger partial charge in [-0.2, -0.15) is 0 Å². The predicted octanol–water partition coefficient (Wildman–Crippen LogP) is 4.22. The second kappa shape index (κ2) is 9.31. The third kappa shape index (κ3) is 6.90. The van der Waals surface area contributed by atoms with Gasteiger partial charge in [-0.15, -0.1) is 0 Å².